The molecule has 0 atom stereocenters. The summed E-state index contributed by atoms with van der Waals surface area (Å²) in [5.74, 6) is -0.797. The number of imide groups is 1. The van der Waals surface area contributed by atoms with Crippen LogP contribution in [0, 0.1) is 0 Å². The summed E-state index contributed by atoms with van der Waals surface area (Å²) in [7, 11) is -3.48. The topological polar surface area (TPSA) is 113 Å². The van der Waals surface area contributed by atoms with Gasteiger partial charge >= 0.3 is 0 Å². The molecular formula is C24H27N3O6S. The van der Waals surface area contributed by atoms with Gasteiger partial charge in [-0.1, -0.05) is 36.4 Å². The van der Waals surface area contributed by atoms with E-state index in [1.807, 2.05) is 6.07 Å². The van der Waals surface area contributed by atoms with E-state index in [1.54, 1.807) is 42.5 Å². The molecule has 2 heterocycles. The molecule has 34 heavy (non-hydrogen) atoms. The van der Waals surface area contributed by atoms with Crippen LogP contribution in [0.5, 0.6) is 0 Å². The van der Waals surface area contributed by atoms with E-state index in [0.29, 0.717) is 37.4 Å². The molecule has 2 aliphatic rings. The van der Waals surface area contributed by atoms with Gasteiger partial charge in [-0.15, -0.1) is 0 Å². The van der Waals surface area contributed by atoms with Crippen LogP contribution in [-0.4, -0.2) is 61.6 Å². The maximum absolute atomic E-state index is 12.8. The smallest absolute Gasteiger partial charge is 0.251 e. The first-order chi connectivity index (χ1) is 16.3. The third-order valence-electron chi connectivity index (χ3n) is 5.97. The third kappa shape index (κ3) is 5.69. The van der Waals surface area contributed by atoms with Crippen molar-refractivity contribution in [2.75, 3.05) is 26.3 Å². The third-order valence-corrected chi connectivity index (χ3v) is 7.80. The number of nitrogens with one attached hydrogen (secondary N) is 1. The van der Waals surface area contributed by atoms with Crippen molar-refractivity contribution in [3.8, 4) is 0 Å². The molecule has 10 heteroatoms. The second-order valence-electron chi connectivity index (χ2n) is 8.29. The Balaban J connectivity index is 1.37. The first kappa shape index (κ1) is 24.1. The molecule has 0 unspecified atom stereocenters. The highest BCUT2D eigenvalue weighted by Crippen LogP contribution is 2.18. The molecule has 0 spiro atoms. The number of carbonyl (C=O) groups is 3. The summed E-state index contributed by atoms with van der Waals surface area (Å²) in [5.41, 5.74) is 2.57. The van der Waals surface area contributed by atoms with E-state index in [1.165, 1.54) is 9.21 Å². The Hall–Kier alpha value is -3.08. The minimum atomic E-state index is -3.48. The van der Waals surface area contributed by atoms with Gasteiger partial charge < -0.3 is 10.1 Å². The summed E-state index contributed by atoms with van der Waals surface area (Å²) in [6, 6.07) is 13.9. The average Bonchev–Trinajstić information content (AvgIpc) is 3.16. The van der Waals surface area contributed by atoms with Crippen molar-refractivity contribution < 1.29 is 27.5 Å². The maximum Gasteiger partial charge on any atom is 0.251 e. The minimum absolute atomic E-state index is 0.137. The van der Waals surface area contributed by atoms with E-state index >= 15 is 0 Å². The Bertz CT molecular complexity index is 1160. The number of benzene rings is 2. The van der Waals surface area contributed by atoms with Crippen molar-refractivity contribution in [2.45, 2.75) is 31.7 Å². The number of sulfonamides is 1. The fraction of sp³-hybridized carbons (Fsp3) is 0.375. The van der Waals surface area contributed by atoms with E-state index in [-0.39, 0.29) is 49.4 Å². The molecule has 0 aromatic heterocycles. The zero-order valence-electron chi connectivity index (χ0n) is 18.7. The molecule has 1 N–H and O–H groups in total. The number of nitrogens with zero attached hydrogens (tertiary/aromatic N) is 2. The van der Waals surface area contributed by atoms with Crippen LogP contribution in [0.1, 0.15) is 39.9 Å². The predicted molar refractivity (Wildman–Crippen MR) is 124 cm³/mol. The van der Waals surface area contributed by atoms with Crippen LogP contribution in [-0.2, 0) is 43.2 Å². The molecule has 2 fully saturated rings. The predicted octanol–water partition coefficient (Wildman–Crippen LogP) is 1.43. The van der Waals surface area contributed by atoms with Crippen LogP contribution in [0.15, 0.2) is 48.5 Å². The molecule has 0 saturated carbocycles. The minimum Gasteiger partial charge on any atom is -0.379 e. The summed E-state index contributed by atoms with van der Waals surface area (Å²) < 4.78 is 32.3. The van der Waals surface area contributed by atoms with Gasteiger partial charge in [-0.3, -0.25) is 19.3 Å². The van der Waals surface area contributed by atoms with Gasteiger partial charge in [0.25, 0.3) is 5.91 Å². The van der Waals surface area contributed by atoms with E-state index in [4.69, 9.17) is 4.74 Å². The van der Waals surface area contributed by atoms with Crippen LogP contribution >= 0.6 is 0 Å². The second-order valence-corrected chi connectivity index (χ2v) is 10.3. The lowest BCUT2D eigenvalue weighted by atomic mass is 10.1. The molecule has 2 aromatic carbocycles. The van der Waals surface area contributed by atoms with Gasteiger partial charge in [0.15, 0.2) is 0 Å². The molecule has 2 aromatic rings. The molecule has 180 valence electrons. The highest BCUT2D eigenvalue weighted by atomic mass is 32.2. The van der Waals surface area contributed by atoms with Gasteiger partial charge in [0.05, 0.1) is 25.5 Å². The zero-order valence-corrected chi connectivity index (χ0v) is 19.6. The molecule has 4 rings (SSSR count). The van der Waals surface area contributed by atoms with Gasteiger partial charge in [0, 0.05) is 38.0 Å². The lowest BCUT2D eigenvalue weighted by Crippen LogP contribution is -2.41. The summed E-state index contributed by atoms with van der Waals surface area (Å²) >= 11 is 0. The molecular weight excluding hydrogens is 458 g/mol. The lowest BCUT2D eigenvalue weighted by Gasteiger charge is -2.26. The molecule has 2 aliphatic heterocycles. The molecule has 0 radical (unpaired) electrons. The number of amides is 3. The highest BCUT2D eigenvalue weighted by Gasteiger charge is 2.29. The Morgan fingerprint density at radius 3 is 2.18 bits per heavy atom. The molecule has 3 amide bonds. The SMILES string of the molecule is O=C(NCc1ccccc1CS(=O)(=O)N1CCOCC1)c1ccc(CN2C(=O)CCC2=O)cc1. The largest absolute Gasteiger partial charge is 0.379 e. The Labute approximate surface area is 198 Å². The van der Waals surface area contributed by atoms with Crippen LogP contribution < -0.4 is 5.32 Å². The lowest BCUT2D eigenvalue weighted by molar-refractivity contribution is -0.139. The van der Waals surface area contributed by atoms with Crippen LogP contribution in [0.2, 0.25) is 0 Å². The highest BCUT2D eigenvalue weighted by molar-refractivity contribution is 7.88. The van der Waals surface area contributed by atoms with Crippen molar-refractivity contribution >= 4 is 27.7 Å². The quantitative estimate of drug-likeness (QED) is 0.566. The van der Waals surface area contributed by atoms with Gasteiger partial charge in [0.2, 0.25) is 21.8 Å². The first-order valence-electron chi connectivity index (χ1n) is 11.2. The fourth-order valence-electron chi connectivity index (χ4n) is 4.00. The number of carbonyl (C=O) groups excluding carboxylic acids is 3. The molecule has 0 aliphatic carbocycles. The summed E-state index contributed by atoms with van der Waals surface area (Å²) in [4.78, 5) is 37.5. The fourth-order valence-corrected chi connectivity index (χ4v) is 5.57. The monoisotopic (exact) mass is 485 g/mol. The number of likely N-dealkylation sites (tertiary alicyclic amines) is 1. The van der Waals surface area contributed by atoms with E-state index in [0.717, 1.165) is 11.1 Å². The Morgan fingerprint density at radius 2 is 1.53 bits per heavy atom. The van der Waals surface area contributed by atoms with Crippen LogP contribution in [0.4, 0.5) is 0 Å². The summed E-state index contributed by atoms with van der Waals surface area (Å²) in [6.07, 6.45) is 0.489. The second kappa shape index (κ2) is 10.5. The van der Waals surface area contributed by atoms with Crippen LogP contribution in [0.3, 0.4) is 0 Å². The number of hydrogen-bond donors (Lipinski definition) is 1. The average molecular weight is 486 g/mol. The Morgan fingerprint density at radius 1 is 0.912 bits per heavy atom. The number of morpholine rings is 1. The van der Waals surface area contributed by atoms with Crippen molar-refractivity contribution in [1.82, 2.24) is 14.5 Å². The van der Waals surface area contributed by atoms with Crippen molar-refractivity contribution in [3.05, 3.63) is 70.8 Å². The summed E-state index contributed by atoms with van der Waals surface area (Å²) in [5, 5.41) is 2.84. The number of rotatable bonds is 8. The molecule has 2 saturated heterocycles. The van der Waals surface area contributed by atoms with Crippen molar-refractivity contribution in [2.24, 2.45) is 0 Å². The van der Waals surface area contributed by atoms with Gasteiger partial charge in [-0.2, -0.15) is 4.31 Å². The normalized spacial score (nSPS) is 17.2. The van der Waals surface area contributed by atoms with E-state index in [2.05, 4.69) is 5.32 Å². The maximum atomic E-state index is 12.8. The number of hydrogen-bond acceptors (Lipinski definition) is 6. The van der Waals surface area contributed by atoms with Crippen molar-refractivity contribution in [1.29, 1.82) is 0 Å². The Kier molecular flexibility index (Phi) is 7.40. The first-order valence-corrected chi connectivity index (χ1v) is 12.8. The van der Waals surface area contributed by atoms with Gasteiger partial charge in [0.1, 0.15) is 0 Å². The van der Waals surface area contributed by atoms with Crippen LogP contribution in [0.25, 0.3) is 0 Å². The van der Waals surface area contributed by atoms with E-state index < -0.39 is 10.0 Å². The zero-order chi connectivity index (χ0) is 24.1. The summed E-state index contributed by atoms with van der Waals surface area (Å²) in [6.45, 7) is 1.85. The standard InChI is InChI=1S/C24H27N3O6S/c28-22-9-10-23(29)27(22)16-18-5-7-19(8-6-18)24(30)25-15-20-3-1-2-4-21(20)17-34(31,32)26-11-13-33-14-12-26/h1-8H,9-17H2,(H,25,30). The molecule has 9 nitrogen and oxygen atoms in total. The van der Waals surface area contributed by atoms with E-state index in [9.17, 15) is 22.8 Å². The van der Waals surface area contributed by atoms with Crippen molar-refractivity contribution in [3.63, 3.8) is 0 Å². The van der Waals surface area contributed by atoms with Gasteiger partial charge in [-0.05, 0) is 28.8 Å². The number of ether oxygens (including phenoxy) is 1. The molecule has 0 bridgehead atoms. The van der Waals surface area contributed by atoms with Gasteiger partial charge in [-0.25, -0.2) is 8.42 Å².